The summed E-state index contributed by atoms with van der Waals surface area (Å²) in [5.41, 5.74) is 1.11. The number of fused-ring (bicyclic) bond motifs is 1. The average Bonchev–Trinajstić information content (AvgIpc) is 3.16. The maximum absolute atomic E-state index is 12.8. The zero-order valence-electron chi connectivity index (χ0n) is 16.7. The van der Waals surface area contributed by atoms with E-state index in [1.807, 2.05) is 29.2 Å². The number of aromatic nitrogens is 2. The molecule has 2 N–H and O–H groups in total. The Balaban J connectivity index is 1.31. The van der Waals surface area contributed by atoms with E-state index in [4.69, 9.17) is 4.74 Å². The molecule has 4 rings (SSSR count). The van der Waals surface area contributed by atoms with Crippen LogP contribution < -0.4 is 10.1 Å². The molecule has 2 aromatic rings. The van der Waals surface area contributed by atoms with Gasteiger partial charge in [0.05, 0.1) is 25.5 Å². The molecular formula is C22H28N4O3. The van der Waals surface area contributed by atoms with E-state index < -0.39 is 6.10 Å². The van der Waals surface area contributed by atoms with Crippen LogP contribution in [0.1, 0.15) is 24.8 Å². The SMILES string of the molecule is COc1cccc(CCC(=O)N2C[C@H]3C[C@@H](Nc4cnccn4)[C@H](O)C[C@H]3C2)c1. The van der Waals surface area contributed by atoms with Gasteiger partial charge in [0.2, 0.25) is 5.91 Å². The van der Waals surface area contributed by atoms with Gasteiger partial charge in [-0.3, -0.25) is 9.78 Å². The second-order valence-corrected chi connectivity index (χ2v) is 8.05. The fourth-order valence-corrected chi connectivity index (χ4v) is 4.59. The van der Waals surface area contributed by atoms with Crippen LogP contribution in [0.5, 0.6) is 5.75 Å². The van der Waals surface area contributed by atoms with Crippen molar-refractivity contribution in [2.45, 2.75) is 37.8 Å². The highest BCUT2D eigenvalue weighted by Gasteiger charge is 2.42. The van der Waals surface area contributed by atoms with Gasteiger partial charge in [0.1, 0.15) is 11.6 Å². The maximum Gasteiger partial charge on any atom is 0.222 e. The van der Waals surface area contributed by atoms with E-state index in [9.17, 15) is 9.90 Å². The van der Waals surface area contributed by atoms with Crippen LogP contribution in [0.3, 0.4) is 0 Å². The van der Waals surface area contributed by atoms with E-state index in [1.54, 1.807) is 25.7 Å². The van der Waals surface area contributed by atoms with E-state index >= 15 is 0 Å². The fraction of sp³-hybridized carbons (Fsp3) is 0.500. The first-order valence-electron chi connectivity index (χ1n) is 10.2. The number of aliphatic hydroxyl groups is 1. The number of aliphatic hydroxyl groups excluding tert-OH is 1. The molecule has 0 bridgehead atoms. The Morgan fingerprint density at radius 2 is 2.10 bits per heavy atom. The lowest BCUT2D eigenvalue weighted by molar-refractivity contribution is -0.130. The second-order valence-electron chi connectivity index (χ2n) is 8.05. The van der Waals surface area contributed by atoms with Crippen molar-refractivity contribution < 1.29 is 14.6 Å². The zero-order chi connectivity index (χ0) is 20.2. The van der Waals surface area contributed by atoms with Crippen LogP contribution in [0.15, 0.2) is 42.9 Å². The number of nitrogens with one attached hydrogen (secondary N) is 1. The number of hydrogen-bond donors (Lipinski definition) is 2. The summed E-state index contributed by atoms with van der Waals surface area (Å²) in [5, 5.41) is 13.9. The smallest absolute Gasteiger partial charge is 0.222 e. The van der Waals surface area contributed by atoms with Gasteiger partial charge in [0, 0.05) is 31.9 Å². The van der Waals surface area contributed by atoms with Crippen molar-refractivity contribution in [2.75, 3.05) is 25.5 Å². The van der Waals surface area contributed by atoms with Gasteiger partial charge >= 0.3 is 0 Å². The van der Waals surface area contributed by atoms with E-state index in [0.29, 0.717) is 36.9 Å². The number of carbonyl (C=O) groups is 1. The minimum absolute atomic E-state index is 0.0558. The highest BCUT2D eigenvalue weighted by molar-refractivity contribution is 5.76. The van der Waals surface area contributed by atoms with Crippen LogP contribution in [0, 0.1) is 11.8 Å². The first kappa shape index (κ1) is 19.6. The molecule has 29 heavy (non-hydrogen) atoms. The summed E-state index contributed by atoms with van der Waals surface area (Å²) >= 11 is 0. The Labute approximate surface area is 171 Å². The van der Waals surface area contributed by atoms with Crippen LogP contribution in [0.2, 0.25) is 0 Å². The predicted octanol–water partition coefficient (Wildman–Crippen LogP) is 2.13. The van der Waals surface area contributed by atoms with Gasteiger partial charge in [-0.05, 0) is 48.8 Å². The molecule has 1 aromatic heterocycles. The molecule has 7 heteroatoms. The number of benzene rings is 1. The van der Waals surface area contributed by atoms with Crippen LogP contribution in [0.4, 0.5) is 5.82 Å². The Bertz CT molecular complexity index is 832. The molecule has 1 saturated heterocycles. The molecule has 0 spiro atoms. The van der Waals surface area contributed by atoms with Crippen LogP contribution in [0.25, 0.3) is 0 Å². The minimum Gasteiger partial charge on any atom is -0.497 e. The number of hydrogen-bond acceptors (Lipinski definition) is 6. The van der Waals surface area contributed by atoms with Crippen molar-refractivity contribution in [2.24, 2.45) is 11.8 Å². The monoisotopic (exact) mass is 396 g/mol. The number of amides is 1. The number of likely N-dealkylation sites (tertiary alicyclic amines) is 1. The Morgan fingerprint density at radius 1 is 1.28 bits per heavy atom. The Kier molecular flexibility index (Phi) is 5.94. The largest absolute Gasteiger partial charge is 0.497 e. The summed E-state index contributed by atoms with van der Waals surface area (Å²) < 4.78 is 5.25. The normalized spacial score (nSPS) is 26.1. The topological polar surface area (TPSA) is 87.6 Å². The van der Waals surface area contributed by atoms with E-state index in [1.165, 1.54) is 0 Å². The molecule has 0 radical (unpaired) electrons. The van der Waals surface area contributed by atoms with Gasteiger partial charge in [0.25, 0.3) is 0 Å². The lowest BCUT2D eigenvalue weighted by atomic mass is 9.77. The first-order chi connectivity index (χ1) is 14.1. The van der Waals surface area contributed by atoms with Gasteiger partial charge in [0.15, 0.2) is 0 Å². The van der Waals surface area contributed by atoms with Gasteiger partial charge in [-0.15, -0.1) is 0 Å². The first-order valence-corrected chi connectivity index (χ1v) is 10.2. The molecule has 2 heterocycles. The lowest BCUT2D eigenvalue weighted by Gasteiger charge is -2.35. The lowest BCUT2D eigenvalue weighted by Crippen LogP contribution is -2.43. The van der Waals surface area contributed by atoms with Crippen molar-refractivity contribution in [3.63, 3.8) is 0 Å². The summed E-state index contributed by atoms with van der Waals surface area (Å²) in [7, 11) is 1.65. The third kappa shape index (κ3) is 4.67. The van der Waals surface area contributed by atoms with Gasteiger partial charge in [-0.2, -0.15) is 0 Å². The van der Waals surface area contributed by atoms with Crippen molar-refractivity contribution in [1.82, 2.24) is 14.9 Å². The van der Waals surface area contributed by atoms with Crippen LogP contribution >= 0.6 is 0 Å². The summed E-state index contributed by atoms with van der Waals surface area (Å²) in [6.07, 6.45) is 7.25. The Morgan fingerprint density at radius 3 is 2.86 bits per heavy atom. The summed E-state index contributed by atoms with van der Waals surface area (Å²) in [5.74, 6) is 2.46. The zero-order valence-corrected chi connectivity index (χ0v) is 16.7. The van der Waals surface area contributed by atoms with Crippen molar-refractivity contribution in [1.29, 1.82) is 0 Å². The van der Waals surface area contributed by atoms with Crippen molar-refractivity contribution in [3.8, 4) is 5.75 Å². The van der Waals surface area contributed by atoms with E-state index in [-0.39, 0.29) is 11.9 Å². The minimum atomic E-state index is -0.440. The summed E-state index contributed by atoms with van der Waals surface area (Å²) in [6, 6.07) is 7.82. The van der Waals surface area contributed by atoms with Crippen LogP contribution in [-0.4, -0.2) is 58.2 Å². The van der Waals surface area contributed by atoms with E-state index in [0.717, 1.165) is 30.8 Å². The molecule has 2 fully saturated rings. The van der Waals surface area contributed by atoms with Gasteiger partial charge in [-0.25, -0.2) is 4.98 Å². The molecule has 154 valence electrons. The second kappa shape index (κ2) is 8.78. The number of anilines is 1. The van der Waals surface area contributed by atoms with Gasteiger partial charge in [-0.1, -0.05) is 12.1 Å². The highest BCUT2D eigenvalue weighted by Crippen LogP contribution is 2.37. The van der Waals surface area contributed by atoms with Crippen LogP contribution in [-0.2, 0) is 11.2 Å². The number of carbonyl (C=O) groups excluding carboxylic acids is 1. The standard InChI is InChI=1S/C22H28N4O3/c1-29-18-4-2-3-15(9-18)5-6-22(28)26-13-16-10-19(20(27)11-17(16)14-26)25-21-12-23-7-8-24-21/h2-4,7-9,12,16-17,19-20,27H,5-6,10-11,13-14H2,1H3,(H,24,25)/t16-,17+,19-,20-/m1/s1. The molecule has 1 aliphatic carbocycles. The fourth-order valence-electron chi connectivity index (χ4n) is 4.59. The van der Waals surface area contributed by atoms with Gasteiger partial charge < -0.3 is 20.1 Å². The molecule has 7 nitrogen and oxygen atoms in total. The molecule has 1 saturated carbocycles. The quantitative estimate of drug-likeness (QED) is 0.778. The number of ether oxygens (including phenoxy) is 1. The molecule has 1 aliphatic heterocycles. The maximum atomic E-state index is 12.8. The number of methoxy groups -OCH3 is 1. The number of aryl methyl sites for hydroxylation is 1. The highest BCUT2D eigenvalue weighted by atomic mass is 16.5. The molecule has 2 aliphatic rings. The summed E-state index contributed by atoms with van der Waals surface area (Å²) in [4.78, 5) is 23.1. The predicted molar refractivity (Wildman–Crippen MR) is 110 cm³/mol. The molecule has 0 unspecified atom stereocenters. The molecule has 4 atom stereocenters. The van der Waals surface area contributed by atoms with Crippen molar-refractivity contribution in [3.05, 3.63) is 48.4 Å². The Hall–Kier alpha value is -2.67. The molecular weight excluding hydrogens is 368 g/mol. The van der Waals surface area contributed by atoms with E-state index in [2.05, 4.69) is 15.3 Å². The number of rotatable bonds is 6. The third-order valence-corrected chi connectivity index (χ3v) is 6.15. The molecule has 1 amide bonds. The number of nitrogens with zero attached hydrogens (tertiary/aromatic N) is 3. The molecule has 1 aromatic carbocycles. The van der Waals surface area contributed by atoms with Crippen molar-refractivity contribution >= 4 is 11.7 Å². The summed E-state index contributed by atoms with van der Waals surface area (Å²) in [6.45, 7) is 1.52. The average molecular weight is 396 g/mol. The third-order valence-electron chi connectivity index (χ3n) is 6.15.